The van der Waals surface area contributed by atoms with E-state index in [-0.39, 0.29) is 23.8 Å². The Morgan fingerprint density at radius 1 is 1.32 bits per heavy atom. The molecule has 0 spiro atoms. The second-order valence-corrected chi connectivity index (χ2v) is 7.13. The van der Waals surface area contributed by atoms with E-state index in [4.69, 9.17) is 21.4 Å². The van der Waals surface area contributed by atoms with Crippen molar-refractivity contribution >= 4 is 11.6 Å². The summed E-state index contributed by atoms with van der Waals surface area (Å²) in [5, 5.41) is 9.22. The number of ether oxygens (including phenoxy) is 1. The van der Waals surface area contributed by atoms with Gasteiger partial charge in [0.1, 0.15) is 5.82 Å². The predicted molar refractivity (Wildman–Crippen MR) is 93.1 cm³/mol. The average molecular weight is 366 g/mol. The standard InChI is InChI=1S/C18H21ClFN3O2/c19-16-3-1-2-15(17(16)20)18-21-5-6-23(18)12-8-13-11-25-14(4-7-24)10-22(13)9-12/h1-3,5-6,12-14,24H,4,7-11H2/t12-,13-,14-/m0/s1. The maximum absolute atomic E-state index is 14.4. The number of morpholine rings is 1. The van der Waals surface area contributed by atoms with E-state index in [9.17, 15) is 4.39 Å². The fraction of sp³-hybridized carbons (Fsp3) is 0.500. The Labute approximate surface area is 151 Å². The molecule has 2 fully saturated rings. The summed E-state index contributed by atoms with van der Waals surface area (Å²) in [4.78, 5) is 6.79. The van der Waals surface area contributed by atoms with E-state index < -0.39 is 5.82 Å². The van der Waals surface area contributed by atoms with Gasteiger partial charge in [-0.2, -0.15) is 0 Å². The molecule has 2 aliphatic rings. The molecule has 5 nitrogen and oxygen atoms in total. The number of imidazole rings is 1. The van der Waals surface area contributed by atoms with E-state index in [1.807, 2.05) is 10.8 Å². The molecule has 0 amide bonds. The molecular formula is C18H21ClFN3O2. The molecule has 0 aliphatic carbocycles. The van der Waals surface area contributed by atoms with Crippen molar-refractivity contribution in [3.05, 3.63) is 41.4 Å². The number of benzene rings is 1. The Kier molecular flexibility index (Phi) is 4.78. The van der Waals surface area contributed by atoms with Crippen molar-refractivity contribution < 1.29 is 14.2 Å². The lowest BCUT2D eigenvalue weighted by Crippen LogP contribution is -2.46. The van der Waals surface area contributed by atoms with E-state index in [1.54, 1.807) is 24.4 Å². The molecular weight excluding hydrogens is 345 g/mol. The van der Waals surface area contributed by atoms with Gasteiger partial charge in [0, 0.05) is 44.2 Å². The van der Waals surface area contributed by atoms with Crippen LogP contribution in [0.2, 0.25) is 5.02 Å². The van der Waals surface area contributed by atoms with Crippen molar-refractivity contribution in [3.8, 4) is 11.4 Å². The van der Waals surface area contributed by atoms with E-state index >= 15 is 0 Å². The molecule has 2 aliphatic heterocycles. The van der Waals surface area contributed by atoms with Crippen molar-refractivity contribution in [1.82, 2.24) is 14.5 Å². The van der Waals surface area contributed by atoms with Crippen molar-refractivity contribution in [2.75, 3.05) is 26.3 Å². The molecule has 0 unspecified atom stereocenters. The molecule has 1 N–H and O–H groups in total. The Morgan fingerprint density at radius 3 is 3.04 bits per heavy atom. The van der Waals surface area contributed by atoms with Crippen molar-refractivity contribution in [2.24, 2.45) is 0 Å². The van der Waals surface area contributed by atoms with Gasteiger partial charge >= 0.3 is 0 Å². The number of aliphatic hydroxyl groups is 1. The first-order valence-electron chi connectivity index (χ1n) is 8.61. The second kappa shape index (κ2) is 7.03. The zero-order valence-corrected chi connectivity index (χ0v) is 14.6. The summed E-state index contributed by atoms with van der Waals surface area (Å²) >= 11 is 5.93. The van der Waals surface area contributed by atoms with Crippen LogP contribution >= 0.6 is 11.6 Å². The summed E-state index contributed by atoms with van der Waals surface area (Å²) in [7, 11) is 0. The van der Waals surface area contributed by atoms with E-state index in [2.05, 4.69) is 9.88 Å². The van der Waals surface area contributed by atoms with Gasteiger partial charge in [0.25, 0.3) is 0 Å². The van der Waals surface area contributed by atoms with Crippen LogP contribution in [-0.2, 0) is 4.74 Å². The van der Waals surface area contributed by atoms with Crippen LogP contribution < -0.4 is 0 Å². The maximum Gasteiger partial charge on any atom is 0.152 e. The SMILES string of the molecule is OCC[C@H]1CN2C[C@@H](n3ccnc3-c3cccc(Cl)c3F)C[C@H]2CO1. The second-order valence-electron chi connectivity index (χ2n) is 6.72. The monoisotopic (exact) mass is 365 g/mol. The first-order valence-corrected chi connectivity index (χ1v) is 8.99. The largest absolute Gasteiger partial charge is 0.396 e. The number of fused-ring (bicyclic) bond motifs is 1. The van der Waals surface area contributed by atoms with Gasteiger partial charge in [-0.1, -0.05) is 17.7 Å². The molecule has 0 radical (unpaired) electrons. The highest BCUT2D eigenvalue weighted by Gasteiger charge is 2.38. The molecule has 2 aromatic rings. The van der Waals surface area contributed by atoms with Gasteiger partial charge in [0.15, 0.2) is 5.82 Å². The smallest absolute Gasteiger partial charge is 0.152 e. The normalized spacial score (nSPS) is 26.8. The van der Waals surface area contributed by atoms with E-state index in [0.29, 0.717) is 30.5 Å². The predicted octanol–water partition coefficient (Wildman–Crippen LogP) is 2.74. The Morgan fingerprint density at radius 2 is 2.20 bits per heavy atom. The minimum atomic E-state index is -0.432. The van der Waals surface area contributed by atoms with Crippen LogP contribution in [0.5, 0.6) is 0 Å². The molecule has 25 heavy (non-hydrogen) atoms. The zero-order chi connectivity index (χ0) is 17.4. The number of halogens is 2. The van der Waals surface area contributed by atoms with Crippen LogP contribution in [0.15, 0.2) is 30.6 Å². The van der Waals surface area contributed by atoms with Gasteiger partial charge in [-0.25, -0.2) is 9.37 Å². The van der Waals surface area contributed by atoms with Crippen LogP contribution in [0.4, 0.5) is 4.39 Å². The van der Waals surface area contributed by atoms with Crippen LogP contribution in [0, 0.1) is 5.82 Å². The summed E-state index contributed by atoms with van der Waals surface area (Å²) in [5.74, 6) is 0.177. The van der Waals surface area contributed by atoms with Crippen molar-refractivity contribution in [2.45, 2.75) is 31.0 Å². The summed E-state index contributed by atoms with van der Waals surface area (Å²) in [6.45, 7) is 2.53. The third-order valence-electron chi connectivity index (χ3n) is 5.17. The first-order chi connectivity index (χ1) is 12.2. The molecule has 134 valence electrons. The molecule has 0 saturated carbocycles. The Balaban J connectivity index is 1.57. The van der Waals surface area contributed by atoms with Gasteiger partial charge in [0.2, 0.25) is 0 Å². The van der Waals surface area contributed by atoms with E-state index in [1.165, 1.54) is 0 Å². The minimum absolute atomic E-state index is 0.0904. The number of rotatable bonds is 4. The minimum Gasteiger partial charge on any atom is -0.396 e. The summed E-state index contributed by atoms with van der Waals surface area (Å²) in [5.41, 5.74) is 0.428. The molecule has 0 bridgehead atoms. The molecule has 7 heteroatoms. The zero-order valence-electron chi connectivity index (χ0n) is 13.8. The topological polar surface area (TPSA) is 50.5 Å². The lowest BCUT2D eigenvalue weighted by molar-refractivity contribution is -0.0567. The molecule has 4 rings (SSSR count). The van der Waals surface area contributed by atoms with Crippen LogP contribution in [0.3, 0.4) is 0 Å². The van der Waals surface area contributed by atoms with Gasteiger partial charge in [0.05, 0.1) is 23.3 Å². The fourth-order valence-electron chi connectivity index (χ4n) is 3.93. The quantitative estimate of drug-likeness (QED) is 0.905. The number of hydrogen-bond acceptors (Lipinski definition) is 4. The molecule has 1 aromatic heterocycles. The third-order valence-corrected chi connectivity index (χ3v) is 5.47. The van der Waals surface area contributed by atoms with Crippen molar-refractivity contribution in [1.29, 1.82) is 0 Å². The highest BCUT2D eigenvalue weighted by Crippen LogP contribution is 2.35. The highest BCUT2D eigenvalue weighted by molar-refractivity contribution is 6.31. The lowest BCUT2D eigenvalue weighted by atomic mass is 10.1. The molecule has 3 atom stereocenters. The molecule has 2 saturated heterocycles. The first kappa shape index (κ1) is 17.0. The van der Waals surface area contributed by atoms with Gasteiger partial charge in [-0.3, -0.25) is 4.90 Å². The summed E-state index contributed by atoms with van der Waals surface area (Å²) in [6, 6.07) is 5.58. The maximum atomic E-state index is 14.4. The molecule has 1 aromatic carbocycles. The fourth-order valence-corrected chi connectivity index (χ4v) is 4.10. The van der Waals surface area contributed by atoms with Gasteiger partial charge < -0.3 is 14.4 Å². The number of aromatic nitrogens is 2. The summed E-state index contributed by atoms with van der Waals surface area (Å²) in [6.07, 6.45) is 5.31. The van der Waals surface area contributed by atoms with Crippen LogP contribution in [0.25, 0.3) is 11.4 Å². The van der Waals surface area contributed by atoms with E-state index in [0.717, 1.165) is 19.5 Å². The lowest BCUT2D eigenvalue weighted by Gasteiger charge is -2.34. The third kappa shape index (κ3) is 3.19. The number of nitrogens with zero attached hydrogens (tertiary/aromatic N) is 3. The van der Waals surface area contributed by atoms with Crippen molar-refractivity contribution in [3.63, 3.8) is 0 Å². The highest BCUT2D eigenvalue weighted by atomic mass is 35.5. The van der Waals surface area contributed by atoms with Crippen LogP contribution in [0.1, 0.15) is 18.9 Å². The number of hydrogen-bond donors (Lipinski definition) is 1. The number of aliphatic hydroxyl groups excluding tert-OH is 1. The van der Waals surface area contributed by atoms with Gasteiger partial charge in [-0.05, 0) is 25.0 Å². The molecule has 3 heterocycles. The summed E-state index contributed by atoms with van der Waals surface area (Å²) < 4.78 is 22.3. The Bertz CT molecular complexity index is 754. The Hall–Kier alpha value is -1.47. The average Bonchev–Trinajstić information content (AvgIpc) is 3.23. The van der Waals surface area contributed by atoms with Gasteiger partial charge in [-0.15, -0.1) is 0 Å². The van der Waals surface area contributed by atoms with Crippen LogP contribution in [-0.4, -0.2) is 58.0 Å².